The van der Waals surface area contributed by atoms with Crippen molar-refractivity contribution in [1.29, 1.82) is 0 Å². The second-order valence-electron chi connectivity index (χ2n) is 4.69. The van der Waals surface area contributed by atoms with Gasteiger partial charge >= 0.3 is 5.97 Å². The molecule has 0 bridgehead atoms. The fourth-order valence-electron chi connectivity index (χ4n) is 2.04. The predicted octanol–water partition coefficient (Wildman–Crippen LogP) is -0.0520. The number of carbonyl (C=O) groups is 1. The number of sulfonamides is 1. The Morgan fingerprint density at radius 2 is 2.12 bits per heavy atom. The van der Waals surface area contributed by atoms with Gasteiger partial charge in [-0.1, -0.05) is 0 Å². The van der Waals surface area contributed by atoms with Crippen molar-refractivity contribution in [3.05, 3.63) is 0 Å². The molecule has 2 rings (SSSR count). The smallest absolute Gasteiger partial charge is 0.322 e. The average Bonchev–Trinajstić information content (AvgIpc) is 2.94. The van der Waals surface area contributed by atoms with E-state index < -0.39 is 22.0 Å². The van der Waals surface area contributed by atoms with E-state index in [9.17, 15) is 13.2 Å². The highest BCUT2D eigenvalue weighted by Gasteiger charge is 2.39. The van der Waals surface area contributed by atoms with Gasteiger partial charge in [-0.25, -0.2) is 13.1 Å². The maximum absolute atomic E-state index is 11.8. The van der Waals surface area contributed by atoms with Crippen LogP contribution in [0.3, 0.4) is 0 Å². The molecule has 98 valence electrons. The quantitative estimate of drug-likeness (QED) is 0.700. The molecule has 2 unspecified atom stereocenters. The van der Waals surface area contributed by atoms with Crippen molar-refractivity contribution >= 4 is 16.0 Å². The van der Waals surface area contributed by atoms with Gasteiger partial charge in [-0.3, -0.25) is 4.79 Å². The van der Waals surface area contributed by atoms with Crippen LogP contribution >= 0.6 is 0 Å². The maximum Gasteiger partial charge on any atom is 0.322 e. The lowest BCUT2D eigenvalue weighted by atomic mass is 10.2. The summed E-state index contributed by atoms with van der Waals surface area (Å²) in [6.45, 7) is 0.588. The normalized spacial score (nSPS) is 26.9. The van der Waals surface area contributed by atoms with E-state index in [1.54, 1.807) is 0 Å². The Morgan fingerprint density at radius 1 is 1.41 bits per heavy atom. The summed E-state index contributed by atoms with van der Waals surface area (Å²) < 4.78 is 31.1. The van der Waals surface area contributed by atoms with E-state index in [0.29, 0.717) is 6.61 Å². The molecule has 0 aromatic heterocycles. The van der Waals surface area contributed by atoms with Crippen molar-refractivity contribution in [1.82, 2.24) is 4.72 Å². The third-order valence-electron chi connectivity index (χ3n) is 3.10. The molecule has 2 atom stereocenters. The van der Waals surface area contributed by atoms with Crippen molar-refractivity contribution in [2.45, 2.75) is 37.8 Å². The summed E-state index contributed by atoms with van der Waals surface area (Å²) in [4.78, 5) is 10.9. The van der Waals surface area contributed by atoms with Gasteiger partial charge < -0.3 is 9.84 Å². The lowest BCUT2D eigenvalue weighted by Gasteiger charge is -2.16. The number of ether oxygens (including phenoxy) is 1. The van der Waals surface area contributed by atoms with Gasteiger partial charge in [0.1, 0.15) is 6.04 Å². The molecule has 17 heavy (non-hydrogen) atoms. The summed E-state index contributed by atoms with van der Waals surface area (Å²) in [5.41, 5.74) is 0. The minimum atomic E-state index is -3.57. The molecular weight excluding hydrogens is 246 g/mol. The first-order chi connectivity index (χ1) is 7.98. The topological polar surface area (TPSA) is 92.7 Å². The van der Waals surface area contributed by atoms with E-state index in [4.69, 9.17) is 9.84 Å². The van der Waals surface area contributed by atoms with Crippen LogP contribution in [0.2, 0.25) is 0 Å². The number of carboxylic acids is 1. The van der Waals surface area contributed by atoms with Crippen molar-refractivity contribution < 1.29 is 23.1 Å². The van der Waals surface area contributed by atoms with E-state index in [0.717, 1.165) is 25.7 Å². The first-order valence-electron chi connectivity index (χ1n) is 5.82. The van der Waals surface area contributed by atoms with E-state index in [2.05, 4.69) is 4.72 Å². The first-order valence-corrected chi connectivity index (χ1v) is 7.47. The van der Waals surface area contributed by atoms with Gasteiger partial charge in [0.15, 0.2) is 0 Å². The summed E-state index contributed by atoms with van der Waals surface area (Å²) >= 11 is 0. The van der Waals surface area contributed by atoms with Gasteiger partial charge in [0, 0.05) is 6.61 Å². The molecule has 7 heteroatoms. The van der Waals surface area contributed by atoms with E-state index in [-0.39, 0.29) is 17.8 Å². The van der Waals surface area contributed by atoms with Gasteiger partial charge in [-0.15, -0.1) is 0 Å². The van der Waals surface area contributed by atoms with Crippen LogP contribution in [0.25, 0.3) is 0 Å². The number of hydrogen-bond acceptors (Lipinski definition) is 4. The zero-order valence-corrected chi connectivity index (χ0v) is 10.3. The molecule has 2 N–H and O–H groups in total. The predicted molar refractivity (Wildman–Crippen MR) is 60.0 cm³/mol. The molecule has 2 aliphatic rings. The van der Waals surface area contributed by atoms with Crippen LogP contribution in [0.15, 0.2) is 0 Å². The minimum Gasteiger partial charge on any atom is -0.480 e. The van der Waals surface area contributed by atoms with Crippen molar-refractivity contribution in [3.63, 3.8) is 0 Å². The third-order valence-corrected chi connectivity index (χ3v) is 4.52. The van der Waals surface area contributed by atoms with Crippen LogP contribution in [-0.4, -0.2) is 44.0 Å². The molecule has 0 radical (unpaired) electrons. The molecule has 6 nitrogen and oxygen atoms in total. The van der Waals surface area contributed by atoms with Crippen molar-refractivity contribution in [3.8, 4) is 0 Å². The number of aliphatic carboxylic acids is 1. The zero-order chi connectivity index (χ0) is 12.5. The summed E-state index contributed by atoms with van der Waals surface area (Å²) in [7, 11) is -3.57. The lowest BCUT2D eigenvalue weighted by Crippen LogP contribution is -2.44. The van der Waals surface area contributed by atoms with Gasteiger partial charge in [-0.05, 0) is 31.6 Å². The largest absolute Gasteiger partial charge is 0.480 e. The Bertz CT molecular complexity index is 384. The Balaban J connectivity index is 1.92. The standard InChI is InChI=1S/C10H17NO5S/c12-10(13)9(7-3-4-7)11-17(14,15)6-8-2-1-5-16-8/h7-9,11H,1-6H2,(H,12,13). The molecule has 0 aromatic rings. The molecule has 0 aromatic carbocycles. The van der Waals surface area contributed by atoms with Crippen LogP contribution in [0.5, 0.6) is 0 Å². The fraction of sp³-hybridized carbons (Fsp3) is 0.900. The lowest BCUT2D eigenvalue weighted by molar-refractivity contribution is -0.139. The second-order valence-corrected chi connectivity index (χ2v) is 6.49. The van der Waals surface area contributed by atoms with Crippen LogP contribution in [-0.2, 0) is 19.6 Å². The van der Waals surface area contributed by atoms with Crippen LogP contribution in [0, 0.1) is 5.92 Å². The molecule has 0 spiro atoms. The monoisotopic (exact) mass is 263 g/mol. The number of hydrogen-bond donors (Lipinski definition) is 2. The minimum absolute atomic E-state index is 0.0493. The second kappa shape index (κ2) is 4.91. The van der Waals surface area contributed by atoms with Gasteiger partial charge in [-0.2, -0.15) is 0 Å². The van der Waals surface area contributed by atoms with Crippen LogP contribution in [0.4, 0.5) is 0 Å². The molecule has 1 aliphatic heterocycles. The highest BCUT2D eigenvalue weighted by molar-refractivity contribution is 7.89. The number of rotatable bonds is 6. The molecule has 1 aliphatic carbocycles. The molecule has 0 amide bonds. The fourth-order valence-corrected chi connectivity index (χ4v) is 3.57. The van der Waals surface area contributed by atoms with E-state index in [1.165, 1.54) is 0 Å². The Kier molecular flexibility index (Phi) is 3.70. The Labute approximate surface area is 100 Å². The van der Waals surface area contributed by atoms with E-state index >= 15 is 0 Å². The highest BCUT2D eigenvalue weighted by Crippen LogP contribution is 2.33. The highest BCUT2D eigenvalue weighted by atomic mass is 32.2. The zero-order valence-electron chi connectivity index (χ0n) is 9.46. The third kappa shape index (κ3) is 3.65. The summed E-state index contributed by atoms with van der Waals surface area (Å²) in [6, 6.07) is -0.971. The van der Waals surface area contributed by atoms with Crippen LogP contribution < -0.4 is 4.72 Å². The van der Waals surface area contributed by atoms with Gasteiger partial charge in [0.05, 0.1) is 11.9 Å². The van der Waals surface area contributed by atoms with Gasteiger partial charge in [0.25, 0.3) is 0 Å². The number of carboxylic acid groups (broad SMARTS) is 1. The molecule has 1 heterocycles. The SMILES string of the molecule is O=C(O)C(NS(=O)(=O)CC1CCCO1)C1CC1. The van der Waals surface area contributed by atoms with E-state index in [1.807, 2.05) is 0 Å². The summed E-state index contributed by atoms with van der Waals surface area (Å²) in [5.74, 6) is -1.28. The molecular formula is C10H17NO5S. The van der Waals surface area contributed by atoms with Crippen molar-refractivity contribution in [2.75, 3.05) is 12.4 Å². The molecule has 1 saturated carbocycles. The Morgan fingerprint density at radius 3 is 2.59 bits per heavy atom. The van der Waals surface area contributed by atoms with Gasteiger partial charge in [0.2, 0.25) is 10.0 Å². The van der Waals surface area contributed by atoms with Crippen molar-refractivity contribution in [2.24, 2.45) is 5.92 Å². The number of nitrogens with one attached hydrogen (secondary N) is 1. The summed E-state index contributed by atoms with van der Waals surface area (Å²) in [5, 5.41) is 8.95. The maximum atomic E-state index is 11.8. The molecule has 1 saturated heterocycles. The average molecular weight is 263 g/mol. The summed E-state index contributed by atoms with van der Waals surface area (Å²) in [6.07, 6.45) is 2.85. The first kappa shape index (κ1) is 12.8. The Hall–Kier alpha value is -0.660. The van der Waals surface area contributed by atoms with Crippen LogP contribution in [0.1, 0.15) is 25.7 Å². The molecule has 2 fully saturated rings.